The summed E-state index contributed by atoms with van der Waals surface area (Å²) in [5.41, 5.74) is 2.73. The standard InChI is InChI=1S/C20H21N3O3S2/c1-14-7-9-15(10-8-14)21-19(24)11-23(16-5-3-2-4-6-16)20-22-17-12-28(25,26)13-18(17)27-20/h2-10,17-18H,11-13H2,1H3,(H,21,24)/t17-,18+/m1/s1. The van der Waals surface area contributed by atoms with E-state index in [4.69, 9.17) is 0 Å². The number of amides is 1. The first-order chi connectivity index (χ1) is 13.4. The Morgan fingerprint density at radius 3 is 2.54 bits per heavy atom. The second kappa shape index (κ2) is 7.60. The molecule has 0 unspecified atom stereocenters. The number of aliphatic imine (C=N–C) groups is 1. The highest BCUT2D eigenvalue weighted by molar-refractivity contribution is 8.15. The van der Waals surface area contributed by atoms with Crippen LogP contribution in [0.15, 0.2) is 59.6 Å². The molecule has 1 amide bonds. The molecular weight excluding hydrogens is 394 g/mol. The SMILES string of the molecule is Cc1ccc(NC(=O)CN(C2=N[C@@H]3CS(=O)(=O)C[C@@H]3S2)c2ccccc2)cc1. The first-order valence-electron chi connectivity index (χ1n) is 9.04. The maximum Gasteiger partial charge on any atom is 0.244 e. The minimum Gasteiger partial charge on any atom is -0.325 e. The van der Waals surface area contributed by atoms with Gasteiger partial charge in [0.1, 0.15) is 6.54 Å². The predicted molar refractivity (Wildman–Crippen MR) is 115 cm³/mol. The van der Waals surface area contributed by atoms with E-state index in [9.17, 15) is 13.2 Å². The first kappa shape index (κ1) is 19.0. The van der Waals surface area contributed by atoms with Crippen molar-refractivity contribution >= 4 is 44.0 Å². The fourth-order valence-corrected chi connectivity index (χ4v) is 7.11. The van der Waals surface area contributed by atoms with E-state index in [1.165, 1.54) is 11.8 Å². The number of nitrogens with one attached hydrogen (secondary N) is 1. The van der Waals surface area contributed by atoms with Crippen molar-refractivity contribution in [1.29, 1.82) is 0 Å². The summed E-state index contributed by atoms with van der Waals surface area (Å²) in [5, 5.41) is 3.56. The summed E-state index contributed by atoms with van der Waals surface area (Å²) in [6.45, 7) is 2.10. The summed E-state index contributed by atoms with van der Waals surface area (Å²) in [4.78, 5) is 19.2. The highest BCUT2D eigenvalue weighted by Gasteiger charge is 2.44. The molecule has 2 atom stereocenters. The highest BCUT2D eigenvalue weighted by atomic mass is 32.2. The van der Waals surface area contributed by atoms with Crippen LogP contribution in [0.1, 0.15) is 5.56 Å². The van der Waals surface area contributed by atoms with Crippen molar-refractivity contribution in [1.82, 2.24) is 0 Å². The van der Waals surface area contributed by atoms with Gasteiger partial charge in [0.15, 0.2) is 15.0 Å². The smallest absolute Gasteiger partial charge is 0.244 e. The fraction of sp³-hybridized carbons (Fsp3) is 0.300. The van der Waals surface area contributed by atoms with Gasteiger partial charge in [-0.3, -0.25) is 9.79 Å². The van der Waals surface area contributed by atoms with Crippen molar-refractivity contribution in [3.05, 3.63) is 60.2 Å². The van der Waals surface area contributed by atoms with E-state index in [1.54, 1.807) is 0 Å². The molecule has 146 valence electrons. The number of sulfone groups is 1. The Kier molecular flexibility index (Phi) is 5.16. The van der Waals surface area contributed by atoms with E-state index in [0.717, 1.165) is 16.9 Å². The number of hydrogen-bond donors (Lipinski definition) is 1. The molecule has 28 heavy (non-hydrogen) atoms. The van der Waals surface area contributed by atoms with Gasteiger partial charge in [0.25, 0.3) is 0 Å². The van der Waals surface area contributed by atoms with E-state index < -0.39 is 9.84 Å². The lowest BCUT2D eigenvalue weighted by Crippen LogP contribution is -2.36. The van der Waals surface area contributed by atoms with Crippen LogP contribution in [0, 0.1) is 6.92 Å². The number of aryl methyl sites for hydroxylation is 1. The zero-order valence-corrected chi connectivity index (χ0v) is 17.0. The lowest BCUT2D eigenvalue weighted by Gasteiger charge is -2.24. The lowest BCUT2D eigenvalue weighted by atomic mass is 10.2. The van der Waals surface area contributed by atoms with Crippen LogP contribution in [0.2, 0.25) is 0 Å². The van der Waals surface area contributed by atoms with Crippen LogP contribution >= 0.6 is 11.8 Å². The molecule has 2 aliphatic heterocycles. The van der Waals surface area contributed by atoms with E-state index in [0.29, 0.717) is 5.17 Å². The third kappa shape index (κ3) is 4.23. The Bertz CT molecular complexity index is 1000. The molecule has 2 aromatic rings. The summed E-state index contributed by atoms with van der Waals surface area (Å²) in [6.07, 6.45) is 0. The number of carbonyl (C=O) groups excluding carboxylic acids is 1. The van der Waals surface area contributed by atoms with Crippen LogP contribution < -0.4 is 10.2 Å². The Labute approximate surface area is 169 Å². The van der Waals surface area contributed by atoms with E-state index in [-0.39, 0.29) is 35.2 Å². The third-order valence-corrected chi connectivity index (χ3v) is 7.99. The number of para-hydroxylation sites is 1. The molecule has 0 spiro atoms. The second-order valence-corrected chi connectivity index (χ2v) is 10.4. The molecule has 8 heteroatoms. The summed E-state index contributed by atoms with van der Waals surface area (Å²) in [6, 6.07) is 17.0. The van der Waals surface area contributed by atoms with Crippen molar-refractivity contribution in [2.75, 3.05) is 28.3 Å². The molecule has 0 aliphatic carbocycles. The molecule has 2 aliphatic rings. The van der Waals surface area contributed by atoms with Crippen LogP contribution in [0.5, 0.6) is 0 Å². The number of fused-ring (bicyclic) bond motifs is 1. The minimum atomic E-state index is -3.01. The van der Waals surface area contributed by atoms with Crippen molar-refractivity contribution in [3.8, 4) is 0 Å². The fourth-order valence-electron chi connectivity index (χ4n) is 3.33. The van der Waals surface area contributed by atoms with Crippen LogP contribution in [0.25, 0.3) is 0 Å². The number of hydrogen-bond acceptors (Lipinski definition) is 6. The van der Waals surface area contributed by atoms with Gasteiger partial charge in [-0.15, -0.1) is 0 Å². The number of amidine groups is 1. The number of nitrogens with zero attached hydrogens (tertiary/aromatic N) is 2. The van der Waals surface area contributed by atoms with E-state index in [2.05, 4.69) is 10.3 Å². The number of benzene rings is 2. The molecule has 1 fully saturated rings. The van der Waals surface area contributed by atoms with Crippen molar-refractivity contribution in [2.45, 2.75) is 18.2 Å². The van der Waals surface area contributed by atoms with Crippen LogP contribution in [-0.4, -0.2) is 48.8 Å². The maximum atomic E-state index is 12.7. The molecule has 1 saturated heterocycles. The molecule has 4 rings (SSSR count). The Hall–Kier alpha value is -2.32. The van der Waals surface area contributed by atoms with Gasteiger partial charge in [0.2, 0.25) is 5.91 Å². The van der Waals surface area contributed by atoms with Gasteiger partial charge in [0.05, 0.1) is 17.5 Å². The number of rotatable bonds is 4. The predicted octanol–water partition coefficient (Wildman–Crippen LogP) is 2.71. The van der Waals surface area contributed by atoms with Gasteiger partial charge in [-0.1, -0.05) is 47.7 Å². The van der Waals surface area contributed by atoms with Crippen molar-refractivity contribution in [2.24, 2.45) is 4.99 Å². The van der Waals surface area contributed by atoms with Gasteiger partial charge in [0, 0.05) is 16.6 Å². The van der Waals surface area contributed by atoms with E-state index >= 15 is 0 Å². The molecule has 0 bridgehead atoms. The second-order valence-electron chi connectivity index (χ2n) is 7.05. The van der Waals surface area contributed by atoms with Gasteiger partial charge >= 0.3 is 0 Å². The van der Waals surface area contributed by atoms with Crippen LogP contribution in [0.3, 0.4) is 0 Å². The largest absolute Gasteiger partial charge is 0.325 e. The number of carbonyl (C=O) groups is 1. The van der Waals surface area contributed by atoms with Gasteiger partial charge in [-0.2, -0.15) is 0 Å². The normalized spacial score (nSPS) is 22.4. The summed E-state index contributed by atoms with van der Waals surface area (Å²) in [5.74, 6) is 0.0839. The average molecular weight is 416 g/mol. The summed E-state index contributed by atoms with van der Waals surface area (Å²) >= 11 is 1.45. The maximum absolute atomic E-state index is 12.7. The molecule has 2 heterocycles. The zero-order chi connectivity index (χ0) is 19.7. The Balaban J connectivity index is 1.54. The minimum absolute atomic E-state index is 0.0635. The molecule has 1 N–H and O–H groups in total. The quantitative estimate of drug-likeness (QED) is 0.831. The molecule has 2 aromatic carbocycles. The van der Waals surface area contributed by atoms with Gasteiger partial charge in [-0.05, 0) is 31.2 Å². The molecular formula is C20H21N3O3S2. The van der Waals surface area contributed by atoms with Crippen molar-refractivity contribution in [3.63, 3.8) is 0 Å². The highest BCUT2D eigenvalue weighted by Crippen LogP contribution is 2.36. The van der Waals surface area contributed by atoms with Gasteiger partial charge in [-0.25, -0.2) is 8.42 Å². The molecule has 0 aromatic heterocycles. The number of thioether (sulfide) groups is 1. The molecule has 0 radical (unpaired) electrons. The van der Waals surface area contributed by atoms with Crippen LogP contribution in [-0.2, 0) is 14.6 Å². The van der Waals surface area contributed by atoms with Crippen LogP contribution in [0.4, 0.5) is 11.4 Å². The van der Waals surface area contributed by atoms with Crippen molar-refractivity contribution < 1.29 is 13.2 Å². The third-order valence-electron chi connectivity index (χ3n) is 4.74. The lowest BCUT2D eigenvalue weighted by molar-refractivity contribution is -0.114. The Morgan fingerprint density at radius 1 is 1.14 bits per heavy atom. The molecule has 6 nitrogen and oxygen atoms in total. The first-order valence-corrected chi connectivity index (χ1v) is 11.7. The summed E-state index contributed by atoms with van der Waals surface area (Å²) < 4.78 is 23.7. The zero-order valence-electron chi connectivity index (χ0n) is 15.4. The Morgan fingerprint density at radius 2 is 1.86 bits per heavy atom. The average Bonchev–Trinajstić information content (AvgIpc) is 3.16. The monoisotopic (exact) mass is 415 g/mol. The number of anilines is 2. The van der Waals surface area contributed by atoms with Gasteiger partial charge < -0.3 is 10.2 Å². The summed E-state index contributed by atoms with van der Waals surface area (Å²) in [7, 11) is -3.01. The topological polar surface area (TPSA) is 78.8 Å². The van der Waals surface area contributed by atoms with E-state index in [1.807, 2.05) is 66.4 Å². The molecule has 0 saturated carbocycles.